The summed E-state index contributed by atoms with van der Waals surface area (Å²) in [6, 6.07) is 25.0. The van der Waals surface area contributed by atoms with Gasteiger partial charge in [-0.2, -0.15) is 0 Å². The summed E-state index contributed by atoms with van der Waals surface area (Å²) >= 11 is 0. The second-order valence-corrected chi connectivity index (χ2v) is 10.9. The van der Waals surface area contributed by atoms with Gasteiger partial charge in [-0.3, -0.25) is 9.97 Å². The average Bonchev–Trinajstić information content (AvgIpc) is 2.90. The zero-order valence-corrected chi connectivity index (χ0v) is 18.8. The summed E-state index contributed by atoms with van der Waals surface area (Å²) in [5.41, 5.74) is 3.77. The first-order valence-electron chi connectivity index (χ1n) is 10.9. The van der Waals surface area contributed by atoms with Crippen LogP contribution in [0.5, 0.6) is 23.0 Å². The third-order valence-corrected chi connectivity index (χ3v) is 9.43. The molecule has 0 N–H and O–H groups in total. The Hall–Kier alpha value is -4.21. The van der Waals surface area contributed by atoms with Crippen LogP contribution in [0.1, 0.15) is 0 Å². The van der Waals surface area contributed by atoms with Crippen LogP contribution in [-0.2, 0) is 4.57 Å². The molecular formula is C28H17N2O3P. The number of hydrogen-bond donors (Lipinski definition) is 0. The lowest BCUT2D eigenvalue weighted by atomic mass is 10.1. The van der Waals surface area contributed by atoms with Crippen LogP contribution in [0.2, 0.25) is 0 Å². The molecule has 0 aliphatic carbocycles. The minimum Gasteiger partial charge on any atom is -0.456 e. The lowest BCUT2D eigenvalue weighted by Crippen LogP contribution is -2.35. The number of pyridine rings is 2. The molecule has 4 heterocycles. The van der Waals surface area contributed by atoms with Gasteiger partial charge >= 0.3 is 0 Å². The van der Waals surface area contributed by atoms with Gasteiger partial charge in [0.25, 0.3) is 0 Å². The molecule has 7 rings (SSSR count). The maximum atomic E-state index is 15.3. The monoisotopic (exact) mass is 460 g/mol. The highest BCUT2D eigenvalue weighted by Crippen LogP contribution is 2.58. The Kier molecular flexibility index (Phi) is 4.05. The van der Waals surface area contributed by atoms with Crippen molar-refractivity contribution in [2.45, 2.75) is 0 Å². The van der Waals surface area contributed by atoms with Crippen molar-refractivity contribution in [3.05, 3.63) is 104 Å². The molecule has 5 nitrogen and oxygen atoms in total. The number of aromatic nitrogens is 2. The Balaban J connectivity index is 1.52. The number of rotatable bonds is 2. The molecule has 3 aromatic carbocycles. The van der Waals surface area contributed by atoms with Crippen molar-refractivity contribution in [3.8, 4) is 45.3 Å². The first-order chi connectivity index (χ1) is 16.7. The van der Waals surface area contributed by atoms with E-state index in [2.05, 4.69) is 9.97 Å². The molecule has 162 valence electrons. The highest BCUT2D eigenvalue weighted by atomic mass is 31.2. The molecule has 0 amide bonds. The smallest absolute Gasteiger partial charge is 0.185 e. The van der Waals surface area contributed by atoms with Crippen LogP contribution < -0.4 is 25.4 Å². The van der Waals surface area contributed by atoms with Crippen LogP contribution in [0.3, 0.4) is 0 Å². The fraction of sp³-hybridized carbons (Fsp3) is 0. The largest absolute Gasteiger partial charge is 0.456 e. The molecule has 0 spiro atoms. The van der Waals surface area contributed by atoms with Gasteiger partial charge in [0.1, 0.15) is 28.3 Å². The van der Waals surface area contributed by atoms with Crippen LogP contribution in [0.25, 0.3) is 22.3 Å². The Morgan fingerprint density at radius 3 is 1.56 bits per heavy atom. The molecule has 0 radical (unpaired) electrons. The van der Waals surface area contributed by atoms with E-state index in [1.165, 1.54) is 0 Å². The lowest BCUT2D eigenvalue weighted by Gasteiger charge is -2.34. The zero-order valence-electron chi connectivity index (χ0n) is 17.9. The SMILES string of the molecule is O=P12c3cc(-c4cccnc4)ccc3Oc3cccc(c31)Oc1ccc(-c3cccnc3)cc12. The summed E-state index contributed by atoms with van der Waals surface area (Å²) in [7, 11) is -3.30. The van der Waals surface area contributed by atoms with E-state index in [1.807, 2.05) is 78.9 Å². The molecular weight excluding hydrogens is 443 g/mol. The van der Waals surface area contributed by atoms with E-state index < -0.39 is 7.14 Å². The first-order valence-corrected chi connectivity index (χ1v) is 12.6. The molecule has 0 saturated heterocycles. The van der Waals surface area contributed by atoms with E-state index in [-0.39, 0.29) is 0 Å². The second-order valence-electron chi connectivity index (χ2n) is 8.26. The van der Waals surface area contributed by atoms with Crippen molar-refractivity contribution in [2.75, 3.05) is 0 Å². The highest BCUT2D eigenvalue weighted by molar-refractivity contribution is 7.86. The first kappa shape index (κ1) is 19.3. The maximum Gasteiger partial charge on any atom is 0.185 e. The van der Waals surface area contributed by atoms with Crippen molar-refractivity contribution in [1.29, 1.82) is 0 Å². The van der Waals surface area contributed by atoms with Crippen molar-refractivity contribution in [1.82, 2.24) is 9.97 Å². The standard InChI is InChI=1S/C28H17N2O3P/c31-34-26-14-18(20-4-2-12-29-16-20)8-10-22(26)32-24-6-1-7-25(28(24)34)33-23-11-9-19(15-27(23)34)21-5-3-13-30-17-21/h1-17H. The summed E-state index contributed by atoms with van der Waals surface area (Å²) in [6.07, 6.45) is 7.09. The molecule has 34 heavy (non-hydrogen) atoms. The van der Waals surface area contributed by atoms with Gasteiger partial charge < -0.3 is 14.0 Å². The molecule has 0 fully saturated rings. The zero-order chi connectivity index (χ0) is 22.7. The van der Waals surface area contributed by atoms with Crippen molar-refractivity contribution in [2.24, 2.45) is 0 Å². The van der Waals surface area contributed by atoms with Gasteiger partial charge in [-0.25, -0.2) is 0 Å². The summed E-state index contributed by atoms with van der Waals surface area (Å²) in [6.45, 7) is 0. The Morgan fingerprint density at radius 2 is 1.09 bits per heavy atom. The highest BCUT2D eigenvalue weighted by Gasteiger charge is 2.46. The molecule has 2 aromatic heterocycles. The quantitative estimate of drug-likeness (QED) is 0.312. The van der Waals surface area contributed by atoms with E-state index in [1.54, 1.807) is 24.8 Å². The summed E-state index contributed by atoms with van der Waals surface area (Å²) in [5.74, 6) is 2.33. The van der Waals surface area contributed by atoms with Crippen molar-refractivity contribution in [3.63, 3.8) is 0 Å². The van der Waals surface area contributed by atoms with Gasteiger partial charge in [-0.05, 0) is 59.7 Å². The van der Waals surface area contributed by atoms with Gasteiger partial charge in [-0.15, -0.1) is 0 Å². The normalized spacial score (nSPS) is 14.1. The molecule has 0 unspecified atom stereocenters. The minimum absolute atomic E-state index is 0.569. The summed E-state index contributed by atoms with van der Waals surface area (Å²) < 4.78 is 27.8. The van der Waals surface area contributed by atoms with Gasteiger partial charge in [0.2, 0.25) is 0 Å². The number of hydrogen-bond acceptors (Lipinski definition) is 5. The van der Waals surface area contributed by atoms with Gasteiger partial charge in [0.15, 0.2) is 7.14 Å². The fourth-order valence-corrected chi connectivity index (χ4v) is 7.82. The topological polar surface area (TPSA) is 61.3 Å². The number of nitrogens with zero attached hydrogens (tertiary/aromatic N) is 2. The van der Waals surface area contributed by atoms with Crippen LogP contribution >= 0.6 is 7.14 Å². The summed E-state index contributed by atoms with van der Waals surface area (Å²) in [4.78, 5) is 8.49. The predicted molar refractivity (Wildman–Crippen MR) is 132 cm³/mol. The van der Waals surface area contributed by atoms with E-state index >= 15 is 4.57 Å². The number of benzene rings is 3. The molecule has 2 aliphatic heterocycles. The Labute approximate surface area is 196 Å². The van der Waals surface area contributed by atoms with Crippen LogP contribution in [-0.4, -0.2) is 9.97 Å². The van der Waals surface area contributed by atoms with Gasteiger partial charge in [0, 0.05) is 35.9 Å². The van der Waals surface area contributed by atoms with E-state index in [4.69, 9.17) is 9.47 Å². The Bertz CT molecular complexity index is 1520. The van der Waals surface area contributed by atoms with Gasteiger partial charge in [-0.1, -0.05) is 30.3 Å². The molecule has 2 aliphatic rings. The number of fused-ring (bicyclic) bond motifs is 4. The lowest BCUT2D eigenvalue weighted by molar-refractivity contribution is 0.462. The van der Waals surface area contributed by atoms with Crippen LogP contribution in [0, 0.1) is 0 Å². The molecule has 0 atom stereocenters. The number of ether oxygens (including phenoxy) is 2. The second kappa shape index (κ2) is 7.14. The maximum absolute atomic E-state index is 15.3. The molecule has 5 aromatic rings. The Morgan fingerprint density at radius 1 is 0.559 bits per heavy atom. The molecule has 0 saturated carbocycles. The van der Waals surface area contributed by atoms with Crippen LogP contribution in [0.15, 0.2) is 104 Å². The fourth-order valence-electron chi connectivity index (χ4n) is 4.71. The van der Waals surface area contributed by atoms with Crippen LogP contribution in [0.4, 0.5) is 0 Å². The third-order valence-electron chi connectivity index (χ3n) is 6.30. The minimum atomic E-state index is -3.30. The van der Waals surface area contributed by atoms with E-state index in [9.17, 15) is 0 Å². The van der Waals surface area contributed by atoms with E-state index in [0.29, 0.717) is 38.9 Å². The molecule has 0 bridgehead atoms. The van der Waals surface area contributed by atoms with Crippen molar-refractivity contribution >= 4 is 23.1 Å². The van der Waals surface area contributed by atoms with E-state index in [0.717, 1.165) is 22.3 Å². The average molecular weight is 460 g/mol. The third kappa shape index (κ3) is 2.71. The van der Waals surface area contributed by atoms with Crippen molar-refractivity contribution < 1.29 is 14.0 Å². The predicted octanol–water partition coefficient (Wildman–Crippen LogP) is 5.66. The molecule has 6 heteroatoms. The summed E-state index contributed by atoms with van der Waals surface area (Å²) in [5, 5.41) is 1.95. The van der Waals surface area contributed by atoms with Gasteiger partial charge in [0.05, 0.1) is 10.6 Å².